The molecule has 0 saturated heterocycles. The van der Waals surface area contributed by atoms with E-state index in [1.165, 1.54) is 6.33 Å². The van der Waals surface area contributed by atoms with Gasteiger partial charge in [0.05, 0.1) is 17.1 Å². The lowest BCUT2D eigenvalue weighted by molar-refractivity contribution is 0.877. The maximum absolute atomic E-state index is 5.97. The fraction of sp³-hybridized carbons (Fsp3) is 0. The van der Waals surface area contributed by atoms with Crippen LogP contribution in [-0.4, -0.2) is 14.8 Å². The van der Waals surface area contributed by atoms with Gasteiger partial charge in [0.25, 0.3) is 0 Å². The number of nitrogen functional groups attached to an aromatic ring is 2. The average molecular weight is 283 g/mol. The lowest BCUT2D eigenvalue weighted by Crippen LogP contribution is -1.96. The Morgan fingerprint density at radius 2 is 1.80 bits per heavy atom. The van der Waals surface area contributed by atoms with E-state index < -0.39 is 0 Å². The van der Waals surface area contributed by atoms with Crippen LogP contribution < -0.4 is 11.5 Å². The number of nitrogens with zero attached hydrogens (tertiary/aromatic N) is 3. The van der Waals surface area contributed by atoms with E-state index in [1.54, 1.807) is 28.8 Å². The van der Waals surface area contributed by atoms with Crippen molar-refractivity contribution < 1.29 is 0 Å². The van der Waals surface area contributed by atoms with Crippen molar-refractivity contribution in [3.63, 3.8) is 0 Å². The van der Waals surface area contributed by atoms with Gasteiger partial charge in [-0.2, -0.15) is 5.10 Å². The van der Waals surface area contributed by atoms with E-state index in [4.69, 9.17) is 11.5 Å². The molecule has 0 atom stereocenters. The molecule has 0 bridgehead atoms. The van der Waals surface area contributed by atoms with Crippen LogP contribution in [0.2, 0.25) is 0 Å². The number of hydrogen-bond acceptors (Lipinski definition) is 5. The second-order valence-electron chi connectivity index (χ2n) is 4.20. The molecule has 0 amide bonds. The summed E-state index contributed by atoms with van der Waals surface area (Å²) in [6.45, 7) is 0. The van der Waals surface area contributed by atoms with E-state index in [1.807, 2.05) is 36.4 Å². The number of benzene rings is 2. The van der Waals surface area contributed by atoms with Gasteiger partial charge in [-0.3, -0.25) is 0 Å². The maximum atomic E-state index is 5.97. The minimum atomic E-state index is 0.606. The summed E-state index contributed by atoms with van der Waals surface area (Å²) in [4.78, 5) is 5.97. The van der Waals surface area contributed by atoms with E-state index in [0.717, 1.165) is 15.5 Å². The second-order valence-corrected chi connectivity index (χ2v) is 5.31. The Bertz CT molecular complexity index is 707. The first-order valence-corrected chi connectivity index (χ1v) is 6.82. The Kier molecular flexibility index (Phi) is 3.30. The Hall–Kier alpha value is -2.47. The summed E-state index contributed by atoms with van der Waals surface area (Å²) in [6, 6.07) is 13.7. The van der Waals surface area contributed by atoms with Crippen LogP contribution in [0.25, 0.3) is 5.69 Å². The van der Waals surface area contributed by atoms with Gasteiger partial charge in [0.2, 0.25) is 0 Å². The highest BCUT2D eigenvalue weighted by molar-refractivity contribution is 7.99. The minimum absolute atomic E-state index is 0.606. The lowest BCUT2D eigenvalue weighted by atomic mass is 10.3. The molecule has 20 heavy (non-hydrogen) atoms. The predicted molar refractivity (Wildman–Crippen MR) is 80.7 cm³/mol. The summed E-state index contributed by atoms with van der Waals surface area (Å²) in [5, 5.41) is 4.09. The zero-order valence-electron chi connectivity index (χ0n) is 10.6. The maximum Gasteiger partial charge on any atom is 0.138 e. The topological polar surface area (TPSA) is 82.8 Å². The molecule has 6 heteroatoms. The van der Waals surface area contributed by atoms with E-state index in [9.17, 15) is 0 Å². The highest BCUT2D eigenvalue weighted by atomic mass is 32.2. The van der Waals surface area contributed by atoms with E-state index in [0.29, 0.717) is 11.4 Å². The predicted octanol–water partition coefficient (Wildman–Crippen LogP) is 2.58. The molecule has 100 valence electrons. The number of para-hydroxylation sites is 1. The number of hydrogen-bond donors (Lipinski definition) is 2. The first-order chi connectivity index (χ1) is 9.74. The zero-order chi connectivity index (χ0) is 13.9. The molecule has 0 aliphatic heterocycles. The summed E-state index contributed by atoms with van der Waals surface area (Å²) in [7, 11) is 0. The summed E-state index contributed by atoms with van der Waals surface area (Å²) in [5.74, 6) is 0. The van der Waals surface area contributed by atoms with E-state index in [2.05, 4.69) is 10.1 Å². The van der Waals surface area contributed by atoms with Gasteiger partial charge < -0.3 is 11.5 Å². The van der Waals surface area contributed by atoms with Gasteiger partial charge in [0.1, 0.15) is 12.7 Å². The Balaban J connectivity index is 1.83. The van der Waals surface area contributed by atoms with Crippen LogP contribution >= 0.6 is 11.8 Å². The molecule has 0 aliphatic rings. The summed E-state index contributed by atoms with van der Waals surface area (Å²) < 4.78 is 1.71. The molecule has 1 heterocycles. The van der Waals surface area contributed by atoms with Crippen LogP contribution in [0.5, 0.6) is 0 Å². The van der Waals surface area contributed by atoms with Crippen molar-refractivity contribution in [1.29, 1.82) is 0 Å². The molecule has 0 spiro atoms. The molecule has 4 N–H and O–H groups in total. The van der Waals surface area contributed by atoms with Crippen molar-refractivity contribution in [3.05, 3.63) is 55.1 Å². The standard InChI is InChI=1S/C14H13N5S/c15-12-2-1-3-13(14(12)16)20-11-6-4-10(5-7-11)19-9-17-8-18-19/h1-9H,15-16H2. The molecule has 5 nitrogen and oxygen atoms in total. The summed E-state index contributed by atoms with van der Waals surface area (Å²) >= 11 is 1.58. The first kappa shape index (κ1) is 12.6. The van der Waals surface area contributed by atoms with Crippen LogP contribution in [0.3, 0.4) is 0 Å². The summed E-state index contributed by atoms with van der Waals surface area (Å²) in [6.07, 6.45) is 3.17. The fourth-order valence-corrected chi connectivity index (χ4v) is 2.69. The Labute approximate surface area is 120 Å². The smallest absolute Gasteiger partial charge is 0.138 e. The van der Waals surface area contributed by atoms with Crippen LogP contribution in [0.4, 0.5) is 11.4 Å². The van der Waals surface area contributed by atoms with Gasteiger partial charge in [-0.25, -0.2) is 9.67 Å². The third kappa shape index (κ3) is 2.46. The fourth-order valence-electron chi connectivity index (χ4n) is 1.79. The highest BCUT2D eigenvalue weighted by Crippen LogP contribution is 2.34. The molecule has 0 fully saturated rings. The van der Waals surface area contributed by atoms with Crippen molar-refractivity contribution in [2.24, 2.45) is 0 Å². The summed E-state index contributed by atoms with van der Waals surface area (Å²) in [5.41, 5.74) is 14.0. The molecule has 0 unspecified atom stereocenters. The molecular weight excluding hydrogens is 270 g/mol. The number of aromatic nitrogens is 3. The zero-order valence-corrected chi connectivity index (χ0v) is 11.4. The molecule has 0 aliphatic carbocycles. The SMILES string of the molecule is Nc1cccc(Sc2ccc(-n3cncn3)cc2)c1N. The highest BCUT2D eigenvalue weighted by Gasteiger charge is 2.05. The van der Waals surface area contributed by atoms with Gasteiger partial charge in [0.15, 0.2) is 0 Å². The van der Waals surface area contributed by atoms with Gasteiger partial charge in [0, 0.05) is 9.79 Å². The molecule has 3 aromatic rings. The Morgan fingerprint density at radius 1 is 1.00 bits per heavy atom. The Morgan fingerprint density at radius 3 is 2.50 bits per heavy atom. The van der Waals surface area contributed by atoms with Gasteiger partial charge in [-0.05, 0) is 36.4 Å². The van der Waals surface area contributed by atoms with Gasteiger partial charge in [-0.1, -0.05) is 17.8 Å². The molecule has 0 radical (unpaired) electrons. The van der Waals surface area contributed by atoms with Crippen LogP contribution in [0, 0.1) is 0 Å². The van der Waals surface area contributed by atoms with E-state index in [-0.39, 0.29) is 0 Å². The van der Waals surface area contributed by atoms with Crippen LogP contribution in [0.1, 0.15) is 0 Å². The monoisotopic (exact) mass is 283 g/mol. The van der Waals surface area contributed by atoms with Crippen LogP contribution in [-0.2, 0) is 0 Å². The van der Waals surface area contributed by atoms with Crippen LogP contribution in [0.15, 0.2) is 64.9 Å². The normalized spacial score (nSPS) is 10.6. The van der Waals surface area contributed by atoms with Crippen molar-refractivity contribution in [2.45, 2.75) is 9.79 Å². The molecule has 0 saturated carbocycles. The van der Waals surface area contributed by atoms with Crippen molar-refractivity contribution >= 4 is 23.1 Å². The molecule has 2 aromatic carbocycles. The average Bonchev–Trinajstić information content (AvgIpc) is 2.99. The third-order valence-corrected chi connectivity index (χ3v) is 3.93. The second kappa shape index (κ2) is 5.26. The van der Waals surface area contributed by atoms with E-state index >= 15 is 0 Å². The van der Waals surface area contributed by atoms with Crippen molar-refractivity contribution in [2.75, 3.05) is 11.5 Å². The van der Waals surface area contributed by atoms with Gasteiger partial charge in [-0.15, -0.1) is 0 Å². The molecular formula is C14H13N5S. The quantitative estimate of drug-likeness (QED) is 0.722. The van der Waals surface area contributed by atoms with Gasteiger partial charge >= 0.3 is 0 Å². The lowest BCUT2D eigenvalue weighted by Gasteiger charge is -2.08. The largest absolute Gasteiger partial charge is 0.397 e. The third-order valence-electron chi connectivity index (χ3n) is 2.85. The number of anilines is 2. The number of rotatable bonds is 3. The molecule has 3 rings (SSSR count). The van der Waals surface area contributed by atoms with Crippen molar-refractivity contribution in [3.8, 4) is 5.69 Å². The number of nitrogens with two attached hydrogens (primary N) is 2. The minimum Gasteiger partial charge on any atom is -0.397 e. The first-order valence-electron chi connectivity index (χ1n) is 6.01. The molecule has 1 aromatic heterocycles. The van der Waals surface area contributed by atoms with Crippen molar-refractivity contribution in [1.82, 2.24) is 14.8 Å².